The van der Waals surface area contributed by atoms with Gasteiger partial charge in [0.15, 0.2) is 5.78 Å². The fourth-order valence-corrected chi connectivity index (χ4v) is 2.63. The van der Waals surface area contributed by atoms with Gasteiger partial charge in [0, 0.05) is 38.5 Å². The van der Waals surface area contributed by atoms with E-state index >= 15 is 0 Å². The van der Waals surface area contributed by atoms with E-state index in [2.05, 4.69) is 0 Å². The molecule has 9 heteroatoms. The molecule has 0 aromatic rings. The molecule has 9 nitrogen and oxygen atoms in total. The molecule has 0 unspecified atom stereocenters. The Morgan fingerprint density at radius 1 is 0.760 bits per heavy atom. The van der Waals surface area contributed by atoms with E-state index in [0.29, 0.717) is 24.3 Å². The van der Waals surface area contributed by atoms with Crippen LogP contribution < -0.4 is 0 Å². The number of amides is 4. The van der Waals surface area contributed by atoms with E-state index in [1.165, 1.54) is 0 Å². The fraction of sp³-hybridized carbons (Fsp3) is 0.625. The molecule has 0 bridgehead atoms. The van der Waals surface area contributed by atoms with Crippen LogP contribution in [-0.4, -0.2) is 51.9 Å². The van der Waals surface area contributed by atoms with Gasteiger partial charge in [0.2, 0.25) is 11.8 Å². The summed E-state index contributed by atoms with van der Waals surface area (Å²) >= 11 is 0. The lowest BCUT2D eigenvalue weighted by Crippen LogP contribution is -2.34. The first-order chi connectivity index (χ1) is 11.9. The molecule has 0 aromatic carbocycles. The van der Waals surface area contributed by atoms with Gasteiger partial charge in [-0.05, 0) is 12.8 Å². The highest BCUT2D eigenvalue weighted by atomic mass is 16.7. The predicted molar refractivity (Wildman–Crippen MR) is 81.2 cm³/mol. The summed E-state index contributed by atoms with van der Waals surface area (Å²) in [5.41, 5.74) is 0. The number of likely N-dealkylation sites (tertiary alicyclic amines) is 1. The zero-order chi connectivity index (χ0) is 18.4. The molecule has 2 rings (SSSR count). The van der Waals surface area contributed by atoms with Crippen molar-refractivity contribution in [2.45, 2.75) is 57.8 Å². The Kier molecular flexibility index (Phi) is 6.37. The second kappa shape index (κ2) is 8.50. The number of rotatable bonds is 9. The smallest absolute Gasteiger partial charge is 0.330 e. The molecule has 2 heterocycles. The Balaban J connectivity index is 1.57. The number of hydroxylamine groups is 2. The van der Waals surface area contributed by atoms with Crippen LogP contribution in [0.25, 0.3) is 0 Å². The lowest BCUT2D eigenvalue weighted by molar-refractivity contribution is -0.197. The Labute approximate surface area is 144 Å². The van der Waals surface area contributed by atoms with Gasteiger partial charge in [-0.25, -0.2) is 4.79 Å². The number of hydrogen-bond acceptors (Lipinski definition) is 7. The number of hydrogen-bond donors (Lipinski definition) is 0. The van der Waals surface area contributed by atoms with E-state index in [4.69, 9.17) is 4.84 Å². The van der Waals surface area contributed by atoms with Crippen LogP contribution in [0.5, 0.6) is 0 Å². The Morgan fingerprint density at radius 2 is 1.28 bits per heavy atom. The van der Waals surface area contributed by atoms with E-state index < -0.39 is 17.8 Å². The molecule has 0 atom stereocenters. The summed E-state index contributed by atoms with van der Waals surface area (Å²) in [5, 5.41) is 0.510. The van der Waals surface area contributed by atoms with Crippen LogP contribution in [0.4, 0.5) is 0 Å². The van der Waals surface area contributed by atoms with Crippen molar-refractivity contribution in [1.82, 2.24) is 9.96 Å². The molecular weight excluding hydrogens is 332 g/mol. The Hall–Kier alpha value is -2.58. The number of imide groups is 2. The molecule has 2 saturated heterocycles. The average molecular weight is 352 g/mol. The monoisotopic (exact) mass is 352 g/mol. The van der Waals surface area contributed by atoms with Crippen LogP contribution in [0.2, 0.25) is 0 Å². The van der Waals surface area contributed by atoms with Gasteiger partial charge in [-0.1, -0.05) is 6.42 Å². The highest BCUT2D eigenvalue weighted by molar-refractivity contribution is 6.04. The lowest BCUT2D eigenvalue weighted by Gasteiger charge is -2.13. The summed E-state index contributed by atoms with van der Waals surface area (Å²) in [7, 11) is 0. The maximum atomic E-state index is 11.8. The summed E-state index contributed by atoms with van der Waals surface area (Å²) in [4.78, 5) is 74.5. The van der Waals surface area contributed by atoms with Gasteiger partial charge in [0.05, 0.1) is 6.54 Å². The Morgan fingerprint density at radius 3 is 1.88 bits per heavy atom. The van der Waals surface area contributed by atoms with E-state index in [-0.39, 0.29) is 62.7 Å². The van der Waals surface area contributed by atoms with Gasteiger partial charge in [-0.3, -0.25) is 28.9 Å². The molecule has 2 aliphatic heterocycles. The van der Waals surface area contributed by atoms with Gasteiger partial charge in [-0.15, -0.1) is 5.06 Å². The van der Waals surface area contributed by atoms with E-state index in [0.717, 1.165) is 4.90 Å². The molecule has 0 N–H and O–H groups in total. The van der Waals surface area contributed by atoms with E-state index in [1.54, 1.807) is 0 Å². The molecule has 2 fully saturated rings. The van der Waals surface area contributed by atoms with Crippen LogP contribution in [-0.2, 0) is 33.6 Å². The van der Waals surface area contributed by atoms with Crippen molar-refractivity contribution in [3.63, 3.8) is 0 Å². The first kappa shape index (κ1) is 18.8. The maximum Gasteiger partial charge on any atom is 0.333 e. The zero-order valence-corrected chi connectivity index (χ0v) is 13.8. The number of nitrogens with zero attached hydrogens (tertiary/aromatic N) is 2. The second-order valence-electron chi connectivity index (χ2n) is 6.02. The van der Waals surface area contributed by atoms with Crippen LogP contribution in [0.15, 0.2) is 0 Å². The molecule has 2 aliphatic rings. The van der Waals surface area contributed by atoms with Crippen molar-refractivity contribution in [3.8, 4) is 0 Å². The molecule has 136 valence electrons. The summed E-state index contributed by atoms with van der Waals surface area (Å²) in [6.07, 6.45) is 2.22. The number of carbonyl (C=O) groups is 6. The number of unbranched alkanes of at least 4 members (excludes halogenated alkanes) is 2. The summed E-state index contributed by atoms with van der Waals surface area (Å²) < 4.78 is 0. The third-order valence-corrected chi connectivity index (χ3v) is 4.02. The number of ketones is 1. The summed E-state index contributed by atoms with van der Waals surface area (Å²) in [6, 6.07) is 0. The normalized spacial score (nSPS) is 17.6. The quantitative estimate of drug-likeness (QED) is 0.431. The molecule has 0 radical (unpaired) electrons. The van der Waals surface area contributed by atoms with Crippen LogP contribution >= 0.6 is 0 Å². The lowest BCUT2D eigenvalue weighted by atomic mass is 10.1. The van der Waals surface area contributed by atoms with Crippen molar-refractivity contribution in [2.24, 2.45) is 0 Å². The third-order valence-electron chi connectivity index (χ3n) is 4.02. The minimum atomic E-state index is -0.664. The fourth-order valence-electron chi connectivity index (χ4n) is 2.63. The summed E-state index contributed by atoms with van der Waals surface area (Å²) in [6.45, 7) is -0.182. The minimum absolute atomic E-state index is 0.0361. The SMILES string of the molecule is O=C(CCCCCC(=O)ON1C(=O)CCC1=O)CN1C(=O)CCC1=O. The molecule has 0 spiro atoms. The predicted octanol–water partition coefficient (Wildman–Crippen LogP) is 0.262. The molecule has 25 heavy (non-hydrogen) atoms. The van der Waals surface area contributed by atoms with Gasteiger partial charge in [-0.2, -0.15) is 0 Å². The largest absolute Gasteiger partial charge is 0.333 e. The van der Waals surface area contributed by atoms with Crippen LogP contribution in [0.1, 0.15) is 57.8 Å². The maximum absolute atomic E-state index is 11.8. The van der Waals surface area contributed by atoms with Crippen molar-refractivity contribution in [3.05, 3.63) is 0 Å². The molecular formula is C16H20N2O7. The topological polar surface area (TPSA) is 118 Å². The van der Waals surface area contributed by atoms with Gasteiger partial charge in [0.25, 0.3) is 11.8 Å². The standard InChI is InChI=1S/C16H20N2O7/c19-11(10-17-12(20)6-7-13(17)21)4-2-1-3-5-16(24)25-18-14(22)8-9-15(18)23/h1-10H2. The van der Waals surface area contributed by atoms with Crippen molar-refractivity contribution in [1.29, 1.82) is 0 Å². The Bertz CT molecular complexity index is 530. The highest BCUT2D eigenvalue weighted by Crippen LogP contribution is 2.14. The van der Waals surface area contributed by atoms with E-state index in [1.807, 2.05) is 0 Å². The van der Waals surface area contributed by atoms with E-state index in [9.17, 15) is 28.8 Å². The molecule has 4 amide bonds. The highest BCUT2D eigenvalue weighted by Gasteiger charge is 2.32. The summed E-state index contributed by atoms with van der Waals surface area (Å²) in [5.74, 6) is -2.52. The number of Topliss-reactive ketones (excluding diaryl/α,β-unsaturated/α-hetero) is 1. The molecule has 0 aromatic heterocycles. The first-order valence-corrected chi connectivity index (χ1v) is 8.30. The molecule has 0 saturated carbocycles. The van der Waals surface area contributed by atoms with Crippen LogP contribution in [0.3, 0.4) is 0 Å². The van der Waals surface area contributed by atoms with Gasteiger partial charge in [0.1, 0.15) is 0 Å². The van der Waals surface area contributed by atoms with Gasteiger partial charge >= 0.3 is 5.97 Å². The molecule has 0 aliphatic carbocycles. The van der Waals surface area contributed by atoms with Crippen LogP contribution in [0, 0.1) is 0 Å². The van der Waals surface area contributed by atoms with Crippen molar-refractivity contribution < 1.29 is 33.6 Å². The second-order valence-corrected chi connectivity index (χ2v) is 6.02. The van der Waals surface area contributed by atoms with Gasteiger partial charge < -0.3 is 4.84 Å². The average Bonchev–Trinajstić information content (AvgIpc) is 3.04. The number of carbonyl (C=O) groups excluding carboxylic acids is 6. The zero-order valence-electron chi connectivity index (χ0n) is 13.8. The van der Waals surface area contributed by atoms with Crippen molar-refractivity contribution >= 4 is 35.4 Å². The van der Waals surface area contributed by atoms with Crippen molar-refractivity contribution in [2.75, 3.05) is 6.54 Å². The first-order valence-electron chi connectivity index (χ1n) is 8.30. The third kappa shape index (κ3) is 5.20. The minimum Gasteiger partial charge on any atom is -0.330 e.